The first-order chi connectivity index (χ1) is 6.49. The summed E-state index contributed by atoms with van der Waals surface area (Å²) in [7, 11) is 0. The molecule has 0 rings (SSSR count). The lowest BCUT2D eigenvalue weighted by Crippen LogP contribution is -2.38. The molecule has 0 heterocycles. The van der Waals surface area contributed by atoms with Gasteiger partial charge in [-0.1, -0.05) is 19.1 Å². The maximum absolute atomic E-state index is 11.5. The molecule has 0 fully saturated rings. The first kappa shape index (κ1) is 13.2. The van der Waals surface area contributed by atoms with Crippen LogP contribution in [0.25, 0.3) is 0 Å². The standard InChI is InChI=1S/C11H20O3/c1-5-8-11(4,13)9(6-2)10(12)14-7-3/h5,8-9,13H,6-7H2,1-4H3. The molecule has 3 heteroatoms. The van der Waals surface area contributed by atoms with Gasteiger partial charge in [0, 0.05) is 0 Å². The van der Waals surface area contributed by atoms with Crippen molar-refractivity contribution in [1.29, 1.82) is 0 Å². The van der Waals surface area contributed by atoms with Gasteiger partial charge in [0.25, 0.3) is 0 Å². The summed E-state index contributed by atoms with van der Waals surface area (Å²) in [5, 5.41) is 9.98. The first-order valence-corrected chi connectivity index (χ1v) is 5.02. The SMILES string of the molecule is CC=CC(C)(O)C(CC)C(=O)OCC. The normalized spacial score (nSPS) is 17.8. The van der Waals surface area contributed by atoms with Crippen molar-refractivity contribution in [3.8, 4) is 0 Å². The van der Waals surface area contributed by atoms with E-state index in [2.05, 4.69) is 0 Å². The van der Waals surface area contributed by atoms with E-state index >= 15 is 0 Å². The first-order valence-electron chi connectivity index (χ1n) is 5.02. The second-order valence-corrected chi connectivity index (χ2v) is 3.44. The molecule has 1 N–H and O–H groups in total. The minimum Gasteiger partial charge on any atom is -0.466 e. The Morgan fingerprint density at radius 3 is 2.50 bits per heavy atom. The molecule has 0 saturated carbocycles. The Labute approximate surface area is 85.8 Å². The van der Waals surface area contributed by atoms with Crippen molar-refractivity contribution in [2.24, 2.45) is 5.92 Å². The molecule has 0 aliphatic carbocycles. The number of carbonyl (C=O) groups excluding carboxylic acids is 1. The van der Waals surface area contributed by atoms with E-state index in [9.17, 15) is 9.90 Å². The van der Waals surface area contributed by atoms with Gasteiger partial charge in [0.15, 0.2) is 0 Å². The van der Waals surface area contributed by atoms with Gasteiger partial charge in [0.2, 0.25) is 0 Å². The Balaban J connectivity index is 4.61. The van der Waals surface area contributed by atoms with Gasteiger partial charge in [-0.15, -0.1) is 0 Å². The van der Waals surface area contributed by atoms with Crippen LogP contribution in [0.3, 0.4) is 0 Å². The summed E-state index contributed by atoms with van der Waals surface area (Å²) in [5.41, 5.74) is -1.12. The van der Waals surface area contributed by atoms with E-state index in [1.807, 2.05) is 13.8 Å². The van der Waals surface area contributed by atoms with Crippen LogP contribution in [0.15, 0.2) is 12.2 Å². The molecule has 0 aromatic rings. The molecule has 0 radical (unpaired) electrons. The molecule has 2 unspecified atom stereocenters. The third kappa shape index (κ3) is 3.50. The predicted octanol–water partition coefficient (Wildman–Crippen LogP) is 1.90. The monoisotopic (exact) mass is 200 g/mol. The van der Waals surface area contributed by atoms with Crippen molar-refractivity contribution in [3.63, 3.8) is 0 Å². The molecule has 3 nitrogen and oxygen atoms in total. The Kier molecular flexibility index (Phi) is 5.46. The molecule has 0 spiro atoms. The highest BCUT2D eigenvalue weighted by atomic mass is 16.5. The largest absolute Gasteiger partial charge is 0.466 e. The van der Waals surface area contributed by atoms with Crippen LogP contribution in [-0.2, 0) is 9.53 Å². The molecule has 0 saturated heterocycles. The van der Waals surface area contributed by atoms with Gasteiger partial charge in [0.1, 0.15) is 0 Å². The van der Waals surface area contributed by atoms with Crippen LogP contribution in [0.2, 0.25) is 0 Å². The van der Waals surface area contributed by atoms with Gasteiger partial charge in [-0.05, 0) is 27.2 Å². The Bertz CT molecular complexity index is 207. The predicted molar refractivity (Wildman–Crippen MR) is 55.9 cm³/mol. The fourth-order valence-corrected chi connectivity index (χ4v) is 1.51. The zero-order chi connectivity index (χ0) is 11.2. The summed E-state index contributed by atoms with van der Waals surface area (Å²) in [6.45, 7) is 7.40. The van der Waals surface area contributed by atoms with E-state index in [4.69, 9.17) is 4.74 Å². The van der Waals surface area contributed by atoms with Crippen LogP contribution in [0.5, 0.6) is 0 Å². The highest BCUT2D eigenvalue weighted by molar-refractivity contribution is 5.74. The number of allylic oxidation sites excluding steroid dienone is 1. The van der Waals surface area contributed by atoms with Crippen LogP contribution >= 0.6 is 0 Å². The van der Waals surface area contributed by atoms with Gasteiger partial charge in [0.05, 0.1) is 18.1 Å². The summed E-state index contributed by atoms with van der Waals surface area (Å²) >= 11 is 0. The van der Waals surface area contributed by atoms with Gasteiger partial charge in [-0.3, -0.25) is 4.79 Å². The number of aliphatic hydroxyl groups is 1. The summed E-state index contributed by atoms with van der Waals surface area (Å²) < 4.78 is 4.89. The van der Waals surface area contributed by atoms with E-state index in [-0.39, 0.29) is 5.97 Å². The van der Waals surface area contributed by atoms with Crippen LogP contribution in [0.4, 0.5) is 0 Å². The third-order valence-corrected chi connectivity index (χ3v) is 2.19. The summed E-state index contributed by atoms with van der Waals surface area (Å²) in [4.78, 5) is 11.5. The summed E-state index contributed by atoms with van der Waals surface area (Å²) in [5.74, 6) is -0.822. The number of hydrogen-bond acceptors (Lipinski definition) is 3. The molecule has 14 heavy (non-hydrogen) atoms. The molecule has 0 bridgehead atoms. The Morgan fingerprint density at radius 2 is 2.14 bits per heavy atom. The van der Waals surface area contributed by atoms with E-state index in [0.29, 0.717) is 13.0 Å². The molecule has 0 aliphatic heterocycles. The molecule has 0 aromatic heterocycles. The van der Waals surface area contributed by atoms with Crippen molar-refractivity contribution in [2.75, 3.05) is 6.61 Å². The number of rotatable bonds is 5. The van der Waals surface area contributed by atoms with E-state index < -0.39 is 11.5 Å². The van der Waals surface area contributed by atoms with E-state index in [1.54, 1.807) is 26.0 Å². The molecular weight excluding hydrogens is 180 g/mol. The van der Waals surface area contributed by atoms with Crippen molar-refractivity contribution in [2.45, 2.75) is 39.7 Å². The molecular formula is C11H20O3. The fourth-order valence-electron chi connectivity index (χ4n) is 1.51. The number of carbonyl (C=O) groups is 1. The number of hydrogen-bond donors (Lipinski definition) is 1. The zero-order valence-corrected chi connectivity index (χ0v) is 9.41. The van der Waals surface area contributed by atoms with Crippen molar-refractivity contribution >= 4 is 5.97 Å². The minimum absolute atomic E-state index is 0.335. The summed E-state index contributed by atoms with van der Waals surface area (Å²) in [6, 6.07) is 0. The van der Waals surface area contributed by atoms with Crippen LogP contribution in [-0.4, -0.2) is 23.3 Å². The van der Waals surface area contributed by atoms with Crippen LogP contribution in [0.1, 0.15) is 34.1 Å². The highest BCUT2D eigenvalue weighted by Gasteiger charge is 2.34. The van der Waals surface area contributed by atoms with Gasteiger partial charge in [-0.2, -0.15) is 0 Å². The van der Waals surface area contributed by atoms with Gasteiger partial charge >= 0.3 is 5.97 Å². The maximum Gasteiger partial charge on any atom is 0.312 e. The average Bonchev–Trinajstić information content (AvgIpc) is 2.04. The maximum atomic E-state index is 11.5. The molecule has 82 valence electrons. The lowest BCUT2D eigenvalue weighted by Gasteiger charge is -2.27. The Morgan fingerprint density at radius 1 is 1.57 bits per heavy atom. The quantitative estimate of drug-likeness (QED) is 0.544. The smallest absolute Gasteiger partial charge is 0.312 e. The van der Waals surface area contributed by atoms with Crippen molar-refractivity contribution in [3.05, 3.63) is 12.2 Å². The molecule has 2 atom stereocenters. The highest BCUT2D eigenvalue weighted by Crippen LogP contribution is 2.23. The minimum atomic E-state index is -1.12. The number of ether oxygens (including phenoxy) is 1. The molecule has 0 amide bonds. The molecule has 0 aromatic carbocycles. The van der Waals surface area contributed by atoms with Crippen LogP contribution < -0.4 is 0 Å². The second-order valence-electron chi connectivity index (χ2n) is 3.44. The third-order valence-electron chi connectivity index (χ3n) is 2.19. The topological polar surface area (TPSA) is 46.5 Å². The van der Waals surface area contributed by atoms with E-state index in [1.165, 1.54) is 0 Å². The zero-order valence-electron chi connectivity index (χ0n) is 9.41. The fraction of sp³-hybridized carbons (Fsp3) is 0.727. The Hall–Kier alpha value is -0.830. The van der Waals surface area contributed by atoms with Gasteiger partial charge < -0.3 is 9.84 Å². The lowest BCUT2D eigenvalue weighted by atomic mass is 9.86. The summed E-state index contributed by atoms with van der Waals surface area (Å²) in [6.07, 6.45) is 3.93. The van der Waals surface area contributed by atoms with Gasteiger partial charge in [-0.25, -0.2) is 0 Å². The lowest BCUT2D eigenvalue weighted by molar-refractivity contribution is -0.154. The average molecular weight is 200 g/mol. The van der Waals surface area contributed by atoms with E-state index in [0.717, 1.165) is 0 Å². The van der Waals surface area contributed by atoms with Crippen LogP contribution in [0, 0.1) is 5.92 Å². The van der Waals surface area contributed by atoms with Crippen molar-refractivity contribution in [1.82, 2.24) is 0 Å². The number of esters is 1. The molecule has 0 aliphatic rings. The van der Waals surface area contributed by atoms with Crippen molar-refractivity contribution < 1.29 is 14.6 Å². The second kappa shape index (κ2) is 5.81.